The van der Waals surface area contributed by atoms with Crippen LogP contribution in [0.2, 0.25) is 0 Å². The number of hydrogen-bond acceptors (Lipinski definition) is 5. The normalized spacial score (nSPS) is 37.3. The Bertz CT molecular complexity index is 679. The van der Waals surface area contributed by atoms with Crippen LogP contribution in [0.3, 0.4) is 0 Å². The minimum Gasteiger partial charge on any atom is -0.394 e. The standard InChI is InChI=1S/C28H48O5/c1-19(7-5-13-27(2,3)32)22-11-12-23-21(8-6-14-28(22,23)4)10-9-20-17-24(30)26(25(31)18-20)33-16-15-29/h9-10,19,22-26,29-32H,5-8,11-18H2,1-4H3/b20-9?,21-10-/t19-,22-,23+,24-,25-,26?,28-/m1/s1. The summed E-state index contributed by atoms with van der Waals surface area (Å²) >= 11 is 0. The Morgan fingerprint density at radius 2 is 1.85 bits per heavy atom. The minimum atomic E-state index is -0.734. The fourth-order valence-electron chi connectivity index (χ4n) is 7.15. The SMILES string of the molecule is C[C@H](CCCC(C)(C)O)[C@H]1CC[C@H]2/C(=C\C=C3C[C@@H](O)C(OCCO)[C@H](O)C3)CCC[C@]12C. The second-order valence-electron chi connectivity index (χ2n) is 11.9. The van der Waals surface area contributed by atoms with E-state index in [0.29, 0.717) is 30.1 Å². The van der Waals surface area contributed by atoms with Crippen LogP contribution < -0.4 is 0 Å². The maximum Gasteiger partial charge on any atom is 0.110 e. The van der Waals surface area contributed by atoms with Gasteiger partial charge in [0.05, 0.1) is 31.0 Å². The van der Waals surface area contributed by atoms with Gasteiger partial charge in [0.1, 0.15) is 6.10 Å². The fourth-order valence-corrected chi connectivity index (χ4v) is 7.15. The van der Waals surface area contributed by atoms with Crippen molar-refractivity contribution in [3.8, 4) is 0 Å². The minimum absolute atomic E-state index is 0.107. The molecule has 3 aliphatic rings. The summed E-state index contributed by atoms with van der Waals surface area (Å²) in [5.41, 5.74) is 2.41. The Hall–Kier alpha value is -0.720. The lowest BCUT2D eigenvalue weighted by Crippen LogP contribution is -2.44. The molecule has 5 heteroatoms. The zero-order chi connectivity index (χ0) is 24.2. The van der Waals surface area contributed by atoms with Gasteiger partial charge in [-0.15, -0.1) is 0 Å². The molecule has 5 nitrogen and oxygen atoms in total. The highest BCUT2D eigenvalue weighted by molar-refractivity contribution is 5.26. The zero-order valence-electron chi connectivity index (χ0n) is 21.3. The van der Waals surface area contributed by atoms with Gasteiger partial charge >= 0.3 is 0 Å². The van der Waals surface area contributed by atoms with E-state index in [1.807, 2.05) is 13.8 Å². The van der Waals surface area contributed by atoms with Crippen LogP contribution in [0.5, 0.6) is 0 Å². The maximum absolute atomic E-state index is 10.4. The summed E-state index contributed by atoms with van der Waals surface area (Å²) < 4.78 is 5.44. The lowest BCUT2D eigenvalue weighted by Gasteiger charge is -2.44. The first-order valence-electron chi connectivity index (χ1n) is 13.2. The molecule has 6 atom stereocenters. The maximum atomic E-state index is 10.4. The van der Waals surface area contributed by atoms with E-state index in [-0.39, 0.29) is 13.2 Å². The number of hydrogen-bond donors (Lipinski definition) is 4. The van der Waals surface area contributed by atoms with Gasteiger partial charge in [0, 0.05) is 0 Å². The molecule has 0 spiro atoms. The van der Waals surface area contributed by atoms with Gasteiger partial charge in [-0.25, -0.2) is 0 Å². The molecule has 33 heavy (non-hydrogen) atoms. The highest BCUT2D eigenvalue weighted by Crippen LogP contribution is 2.60. The molecule has 3 fully saturated rings. The molecular formula is C28H48O5. The van der Waals surface area contributed by atoms with Gasteiger partial charge in [-0.05, 0) is 88.4 Å². The monoisotopic (exact) mass is 464 g/mol. The van der Waals surface area contributed by atoms with E-state index in [0.717, 1.165) is 30.8 Å². The second kappa shape index (κ2) is 11.3. The molecule has 4 N–H and O–H groups in total. The van der Waals surface area contributed by atoms with Crippen molar-refractivity contribution >= 4 is 0 Å². The average Bonchev–Trinajstić information content (AvgIpc) is 3.08. The summed E-state index contributed by atoms with van der Waals surface area (Å²) in [7, 11) is 0. The Balaban J connectivity index is 1.64. The fraction of sp³-hybridized carbons (Fsp3) is 0.857. The van der Waals surface area contributed by atoms with Crippen LogP contribution in [-0.2, 0) is 4.74 Å². The van der Waals surface area contributed by atoms with E-state index in [2.05, 4.69) is 26.0 Å². The Morgan fingerprint density at radius 3 is 2.48 bits per heavy atom. The van der Waals surface area contributed by atoms with Crippen molar-refractivity contribution in [2.24, 2.45) is 23.2 Å². The van der Waals surface area contributed by atoms with Crippen molar-refractivity contribution in [3.63, 3.8) is 0 Å². The van der Waals surface area contributed by atoms with Crippen molar-refractivity contribution in [3.05, 3.63) is 23.3 Å². The van der Waals surface area contributed by atoms with Gasteiger partial charge in [0.15, 0.2) is 0 Å². The van der Waals surface area contributed by atoms with Crippen molar-refractivity contribution in [2.75, 3.05) is 13.2 Å². The number of ether oxygens (including phenoxy) is 1. The van der Waals surface area contributed by atoms with E-state index in [9.17, 15) is 15.3 Å². The van der Waals surface area contributed by atoms with Crippen molar-refractivity contribution in [1.29, 1.82) is 0 Å². The molecule has 0 aliphatic heterocycles. The van der Waals surface area contributed by atoms with Gasteiger partial charge in [-0.1, -0.05) is 50.0 Å². The summed E-state index contributed by atoms with van der Waals surface area (Å²) in [4.78, 5) is 0. The van der Waals surface area contributed by atoms with Crippen LogP contribution in [0.4, 0.5) is 0 Å². The van der Waals surface area contributed by atoms with Crippen LogP contribution in [0.15, 0.2) is 23.3 Å². The summed E-state index contributed by atoms with van der Waals surface area (Å²) in [6.07, 6.45) is 12.8. The molecule has 0 amide bonds. The first-order valence-corrected chi connectivity index (χ1v) is 13.2. The summed E-state index contributed by atoms with van der Waals surface area (Å²) in [5.74, 6) is 2.05. The van der Waals surface area contributed by atoms with E-state index < -0.39 is 23.9 Å². The molecular weight excluding hydrogens is 416 g/mol. The van der Waals surface area contributed by atoms with E-state index in [1.165, 1.54) is 32.1 Å². The molecule has 3 aliphatic carbocycles. The van der Waals surface area contributed by atoms with Gasteiger partial charge in [0.2, 0.25) is 0 Å². The molecule has 0 aromatic heterocycles. The lowest BCUT2D eigenvalue weighted by molar-refractivity contribution is -0.115. The molecule has 3 rings (SSSR count). The third-order valence-electron chi connectivity index (χ3n) is 8.81. The van der Waals surface area contributed by atoms with Crippen molar-refractivity contribution in [1.82, 2.24) is 0 Å². The quantitative estimate of drug-likeness (QED) is 0.403. The molecule has 0 bridgehead atoms. The van der Waals surface area contributed by atoms with Gasteiger partial charge in [-0.2, -0.15) is 0 Å². The summed E-state index contributed by atoms with van der Waals surface area (Å²) in [6.45, 7) is 8.78. The van der Waals surface area contributed by atoms with Crippen LogP contribution >= 0.6 is 0 Å². The third kappa shape index (κ3) is 6.70. The molecule has 0 radical (unpaired) electrons. The van der Waals surface area contributed by atoms with Crippen molar-refractivity contribution < 1.29 is 25.2 Å². The van der Waals surface area contributed by atoms with Crippen LogP contribution in [0.25, 0.3) is 0 Å². The van der Waals surface area contributed by atoms with Gasteiger partial charge in [-0.3, -0.25) is 0 Å². The number of aliphatic hydroxyl groups excluding tert-OH is 3. The number of rotatable bonds is 9. The number of aliphatic hydroxyl groups is 4. The van der Waals surface area contributed by atoms with E-state index >= 15 is 0 Å². The Labute approximate surface area is 200 Å². The molecule has 0 heterocycles. The first kappa shape index (κ1) is 26.9. The summed E-state index contributed by atoms with van der Waals surface area (Å²) in [5, 5.41) is 39.9. The highest BCUT2D eigenvalue weighted by atomic mass is 16.5. The van der Waals surface area contributed by atoms with E-state index in [4.69, 9.17) is 9.84 Å². The Kier molecular flexibility index (Phi) is 9.24. The number of allylic oxidation sites excluding steroid dienone is 3. The molecule has 3 saturated carbocycles. The van der Waals surface area contributed by atoms with E-state index in [1.54, 1.807) is 5.57 Å². The average molecular weight is 465 g/mol. The topological polar surface area (TPSA) is 90.2 Å². The third-order valence-corrected chi connectivity index (χ3v) is 8.81. The highest BCUT2D eigenvalue weighted by Gasteiger charge is 2.50. The molecule has 190 valence electrons. The predicted molar refractivity (Wildman–Crippen MR) is 132 cm³/mol. The van der Waals surface area contributed by atoms with Crippen LogP contribution in [0, 0.1) is 23.2 Å². The largest absolute Gasteiger partial charge is 0.394 e. The van der Waals surface area contributed by atoms with Gasteiger partial charge in [0.25, 0.3) is 0 Å². The van der Waals surface area contributed by atoms with Crippen LogP contribution in [0.1, 0.15) is 91.9 Å². The molecule has 0 aromatic rings. The molecule has 0 unspecified atom stereocenters. The zero-order valence-corrected chi connectivity index (χ0v) is 21.3. The molecule has 0 saturated heterocycles. The smallest absolute Gasteiger partial charge is 0.110 e. The van der Waals surface area contributed by atoms with Gasteiger partial charge < -0.3 is 25.2 Å². The summed E-state index contributed by atoms with van der Waals surface area (Å²) in [6, 6.07) is 0. The Morgan fingerprint density at radius 1 is 1.15 bits per heavy atom. The van der Waals surface area contributed by atoms with Crippen LogP contribution in [-0.4, -0.2) is 57.6 Å². The number of fused-ring (bicyclic) bond motifs is 1. The van der Waals surface area contributed by atoms with Crippen molar-refractivity contribution in [2.45, 2.75) is 116 Å². The lowest BCUT2D eigenvalue weighted by atomic mass is 9.60. The first-order chi connectivity index (χ1) is 15.5. The predicted octanol–water partition coefficient (Wildman–Crippen LogP) is 4.53. The molecule has 0 aromatic carbocycles. The second-order valence-corrected chi connectivity index (χ2v) is 11.9.